The zero-order valence-electron chi connectivity index (χ0n) is 12.5. The lowest BCUT2D eigenvalue weighted by Gasteiger charge is -2.35. The Labute approximate surface area is 139 Å². The van der Waals surface area contributed by atoms with Crippen molar-refractivity contribution >= 4 is 40.5 Å². The highest BCUT2D eigenvalue weighted by Gasteiger charge is 2.30. The Morgan fingerprint density at radius 1 is 1.27 bits per heavy atom. The molecule has 2 unspecified atom stereocenters. The van der Waals surface area contributed by atoms with Gasteiger partial charge in [-0.3, -0.25) is 4.79 Å². The first-order valence-electron chi connectivity index (χ1n) is 7.20. The van der Waals surface area contributed by atoms with Crippen LogP contribution in [0.3, 0.4) is 0 Å². The van der Waals surface area contributed by atoms with E-state index in [1.807, 2.05) is 44.2 Å². The molecule has 1 amide bonds. The number of benzene rings is 1. The summed E-state index contributed by atoms with van der Waals surface area (Å²) in [5.41, 5.74) is 0.945. The minimum absolute atomic E-state index is 0.145. The fourth-order valence-electron chi connectivity index (χ4n) is 2.58. The topological polar surface area (TPSA) is 41.9 Å². The molecule has 1 aromatic rings. The molecule has 2 heterocycles. The van der Waals surface area contributed by atoms with Crippen molar-refractivity contribution in [3.05, 3.63) is 39.8 Å². The van der Waals surface area contributed by atoms with Crippen LogP contribution in [0.5, 0.6) is 0 Å². The molecule has 0 aliphatic carbocycles. The third-order valence-corrected chi connectivity index (χ3v) is 4.76. The van der Waals surface area contributed by atoms with Gasteiger partial charge >= 0.3 is 0 Å². The molecular weight excluding hydrogens is 320 g/mol. The molecule has 0 saturated carbocycles. The molecule has 0 spiro atoms. The average molecular weight is 337 g/mol. The van der Waals surface area contributed by atoms with E-state index in [2.05, 4.69) is 9.89 Å². The van der Waals surface area contributed by atoms with Crippen LogP contribution in [-0.2, 0) is 9.53 Å². The maximum Gasteiger partial charge on any atom is 0.286 e. The predicted octanol–water partition coefficient (Wildman–Crippen LogP) is 3.42. The molecule has 6 heteroatoms. The first-order chi connectivity index (χ1) is 10.5. The second kappa shape index (κ2) is 6.44. The summed E-state index contributed by atoms with van der Waals surface area (Å²) in [6.45, 7) is 5.60. The number of hydrogen-bond acceptors (Lipinski definition) is 4. The monoisotopic (exact) mass is 336 g/mol. The van der Waals surface area contributed by atoms with Gasteiger partial charge in [0.2, 0.25) is 0 Å². The summed E-state index contributed by atoms with van der Waals surface area (Å²) in [6, 6.07) is 7.40. The molecule has 1 fully saturated rings. The summed E-state index contributed by atoms with van der Waals surface area (Å²) < 4.78 is 5.72. The number of ether oxygens (including phenoxy) is 1. The summed E-state index contributed by atoms with van der Waals surface area (Å²) >= 11 is 7.30. The maximum atomic E-state index is 12.1. The van der Waals surface area contributed by atoms with Gasteiger partial charge in [-0.2, -0.15) is 4.99 Å². The Hall–Kier alpha value is -1.30. The molecule has 2 aliphatic heterocycles. The largest absolute Gasteiger partial charge is 0.372 e. The summed E-state index contributed by atoms with van der Waals surface area (Å²) in [5.74, 6) is -0.179. The van der Waals surface area contributed by atoms with Crippen LogP contribution in [0.25, 0.3) is 6.08 Å². The molecule has 0 bridgehead atoms. The van der Waals surface area contributed by atoms with E-state index in [0.717, 1.165) is 23.8 Å². The van der Waals surface area contributed by atoms with Crippen molar-refractivity contribution in [2.45, 2.75) is 26.1 Å². The molecule has 0 N–H and O–H groups in total. The van der Waals surface area contributed by atoms with E-state index in [-0.39, 0.29) is 18.1 Å². The van der Waals surface area contributed by atoms with E-state index >= 15 is 0 Å². The van der Waals surface area contributed by atoms with E-state index in [4.69, 9.17) is 16.3 Å². The number of carbonyl (C=O) groups excluding carboxylic acids is 1. The molecule has 1 saturated heterocycles. The average Bonchev–Trinajstić information content (AvgIpc) is 2.82. The Morgan fingerprint density at radius 2 is 1.91 bits per heavy atom. The lowest BCUT2D eigenvalue weighted by Crippen LogP contribution is -2.47. The third kappa shape index (κ3) is 3.54. The van der Waals surface area contributed by atoms with Gasteiger partial charge in [0, 0.05) is 18.1 Å². The van der Waals surface area contributed by atoms with Gasteiger partial charge in [0.05, 0.1) is 17.1 Å². The molecule has 3 rings (SSSR count). The van der Waals surface area contributed by atoms with Crippen molar-refractivity contribution in [2.75, 3.05) is 13.1 Å². The second-order valence-electron chi connectivity index (χ2n) is 5.52. The van der Waals surface area contributed by atoms with Crippen LogP contribution in [0, 0.1) is 0 Å². The van der Waals surface area contributed by atoms with Crippen molar-refractivity contribution in [1.29, 1.82) is 0 Å². The van der Waals surface area contributed by atoms with Crippen LogP contribution in [0.2, 0.25) is 5.02 Å². The van der Waals surface area contributed by atoms with Crippen LogP contribution in [-0.4, -0.2) is 41.3 Å². The lowest BCUT2D eigenvalue weighted by atomic mass is 10.2. The van der Waals surface area contributed by atoms with Crippen LogP contribution in [0.15, 0.2) is 34.2 Å². The first kappa shape index (κ1) is 15.6. The highest BCUT2D eigenvalue weighted by Crippen LogP contribution is 2.31. The summed E-state index contributed by atoms with van der Waals surface area (Å²) in [4.78, 5) is 19.1. The molecule has 4 nitrogen and oxygen atoms in total. The van der Waals surface area contributed by atoms with Crippen LogP contribution >= 0.6 is 23.4 Å². The van der Waals surface area contributed by atoms with Crippen LogP contribution in [0.4, 0.5) is 0 Å². The summed E-state index contributed by atoms with van der Waals surface area (Å²) in [5, 5.41) is 1.45. The summed E-state index contributed by atoms with van der Waals surface area (Å²) in [6.07, 6.45) is 2.14. The second-order valence-corrected chi connectivity index (χ2v) is 6.97. The van der Waals surface area contributed by atoms with Gasteiger partial charge in [-0.1, -0.05) is 23.7 Å². The van der Waals surface area contributed by atoms with E-state index in [0.29, 0.717) is 9.93 Å². The predicted molar refractivity (Wildman–Crippen MR) is 91.0 cm³/mol. The molecular formula is C16H17ClN2O2S. The molecule has 2 aliphatic rings. The number of carbonyl (C=O) groups is 1. The zero-order chi connectivity index (χ0) is 15.7. The number of hydrogen-bond donors (Lipinski definition) is 0. The number of nitrogens with zero attached hydrogens (tertiary/aromatic N) is 2. The van der Waals surface area contributed by atoms with Gasteiger partial charge in [-0.25, -0.2) is 0 Å². The zero-order valence-corrected chi connectivity index (χ0v) is 14.0. The number of rotatable bonds is 1. The van der Waals surface area contributed by atoms with Gasteiger partial charge in [-0.15, -0.1) is 0 Å². The van der Waals surface area contributed by atoms with Crippen molar-refractivity contribution < 1.29 is 9.53 Å². The number of thioether (sulfide) groups is 1. The van der Waals surface area contributed by atoms with Crippen molar-refractivity contribution in [3.63, 3.8) is 0 Å². The fourth-order valence-corrected chi connectivity index (χ4v) is 3.64. The van der Waals surface area contributed by atoms with Gasteiger partial charge in [0.25, 0.3) is 5.91 Å². The Morgan fingerprint density at radius 3 is 2.55 bits per heavy atom. The van der Waals surface area contributed by atoms with Gasteiger partial charge in [0.1, 0.15) is 0 Å². The van der Waals surface area contributed by atoms with Crippen LogP contribution < -0.4 is 0 Å². The normalized spacial score (nSPS) is 27.4. The smallest absolute Gasteiger partial charge is 0.286 e. The molecule has 116 valence electrons. The van der Waals surface area contributed by atoms with Gasteiger partial charge < -0.3 is 9.64 Å². The highest BCUT2D eigenvalue weighted by molar-refractivity contribution is 8.18. The van der Waals surface area contributed by atoms with E-state index in [1.54, 1.807) is 0 Å². The minimum atomic E-state index is -0.179. The minimum Gasteiger partial charge on any atom is -0.372 e. The molecule has 0 radical (unpaired) electrons. The number of amides is 1. The van der Waals surface area contributed by atoms with E-state index < -0.39 is 0 Å². The standard InChI is InChI=1S/C16H17ClN2O2S/c1-10-8-19(9-11(2)21-10)16-18-15(20)14(22-16)7-12-3-5-13(17)6-4-12/h3-7,10-11H,8-9H2,1-2H3. The maximum absolute atomic E-state index is 12.1. The molecule has 22 heavy (non-hydrogen) atoms. The van der Waals surface area contributed by atoms with Crippen molar-refractivity contribution in [3.8, 4) is 0 Å². The van der Waals surface area contributed by atoms with Crippen LogP contribution in [0.1, 0.15) is 19.4 Å². The Balaban J connectivity index is 1.74. The van der Waals surface area contributed by atoms with Crippen molar-refractivity contribution in [2.24, 2.45) is 4.99 Å². The van der Waals surface area contributed by atoms with Gasteiger partial charge in [0.15, 0.2) is 5.17 Å². The Kier molecular flexibility index (Phi) is 4.57. The molecule has 2 atom stereocenters. The molecule has 1 aromatic carbocycles. The third-order valence-electron chi connectivity index (χ3n) is 3.47. The summed E-state index contributed by atoms with van der Waals surface area (Å²) in [7, 11) is 0. The van der Waals surface area contributed by atoms with Crippen molar-refractivity contribution in [1.82, 2.24) is 4.90 Å². The number of halogens is 1. The number of amidine groups is 1. The Bertz CT molecular complexity index is 632. The van der Waals surface area contributed by atoms with E-state index in [9.17, 15) is 4.79 Å². The lowest BCUT2D eigenvalue weighted by molar-refractivity contribution is -0.113. The highest BCUT2D eigenvalue weighted by atomic mass is 35.5. The first-order valence-corrected chi connectivity index (χ1v) is 8.39. The number of morpholine rings is 1. The van der Waals surface area contributed by atoms with E-state index in [1.165, 1.54) is 11.8 Å². The quantitative estimate of drug-likeness (QED) is 0.737. The number of aliphatic imine (C=N–C) groups is 1. The SMILES string of the molecule is CC1CN(C2=NC(=O)C(=Cc3ccc(Cl)cc3)S2)CC(C)O1. The molecule has 0 aromatic heterocycles. The van der Waals surface area contributed by atoms with Gasteiger partial charge in [-0.05, 0) is 49.4 Å². The fraction of sp³-hybridized carbons (Fsp3) is 0.375.